The molecule has 2 aromatic rings. The summed E-state index contributed by atoms with van der Waals surface area (Å²) in [5.41, 5.74) is 4.12. The van der Waals surface area contributed by atoms with Crippen molar-refractivity contribution in [1.82, 2.24) is 5.43 Å². The van der Waals surface area contributed by atoms with Crippen LogP contribution in [0.4, 0.5) is 0 Å². The van der Waals surface area contributed by atoms with E-state index >= 15 is 0 Å². The first-order valence-corrected chi connectivity index (χ1v) is 7.23. The van der Waals surface area contributed by atoms with Gasteiger partial charge in [-0.3, -0.25) is 4.79 Å². The summed E-state index contributed by atoms with van der Waals surface area (Å²) in [6, 6.07) is 14.8. The van der Waals surface area contributed by atoms with Crippen molar-refractivity contribution < 1.29 is 4.79 Å². The first-order chi connectivity index (χ1) is 10.2. The predicted molar refractivity (Wildman–Crippen MR) is 87.2 cm³/mol. The lowest BCUT2D eigenvalue weighted by Crippen LogP contribution is -2.17. The molecule has 1 amide bonds. The number of nitrogens with one attached hydrogen (secondary N) is 1. The van der Waals surface area contributed by atoms with Crippen LogP contribution in [0.3, 0.4) is 0 Å². The van der Waals surface area contributed by atoms with E-state index in [-0.39, 0.29) is 5.91 Å². The second-order valence-corrected chi connectivity index (χ2v) is 5.22. The molecule has 1 N–H and O–H groups in total. The number of hydrazone groups is 1. The number of carbonyl (C=O) groups excluding carboxylic acids is 1. The van der Waals surface area contributed by atoms with Gasteiger partial charge in [-0.15, -0.1) is 0 Å². The van der Waals surface area contributed by atoms with E-state index in [1.165, 1.54) is 11.6 Å². The molecule has 0 fully saturated rings. The number of carbonyl (C=O) groups is 1. The molecule has 0 unspecified atom stereocenters. The molecule has 0 aliphatic rings. The number of halogens is 2. The monoisotopic (exact) mass is 320 g/mol. The van der Waals surface area contributed by atoms with Gasteiger partial charge in [0.2, 0.25) is 0 Å². The van der Waals surface area contributed by atoms with Crippen LogP contribution >= 0.6 is 23.2 Å². The average Bonchev–Trinajstić information content (AvgIpc) is 2.50. The van der Waals surface area contributed by atoms with Crippen LogP contribution in [0.5, 0.6) is 0 Å². The molecule has 2 rings (SSSR count). The highest BCUT2D eigenvalue weighted by Crippen LogP contribution is 2.22. The van der Waals surface area contributed by atoms with Gasteiger partial charge in [-0.25, -0.2) is 5.43 Å². The van der Waals surface area contributed by atoms with Gasteiger partial charge < -0.3 is 0 Å². The summed E-state index contributed by atoms with van der Waals surface area (Å²) in [5, 5.41) is 4.68. The van der Waals surface area contributed by atoms with Gasteiger partial charge in [0.25, 0.3) is 5.91 Å². The van der Waals surface area contributed by atoms with Gasteiger partial charge in [0.15, 0.2) is 0 Å². The minimum atomic E-state index is -0.315. The molecule has 0 saturated carbocycles. The smallest absolute Gasteiger partial charge is 0.267 e. The quantitative estimate of drug-likeness (QED) is 0.646. The first-order valence-electron chi connectivity index (χ1n) is 6.47. The second kappa shape index (κ2) is 7.81. The summed E-state index contributed by atoms with van der Waals surface area (Å²) in [5.74, 6) is -0.315. The summed E-state index contributed by atoms with van der Waals surface area (Å²) in [7, 11) is 0. The molecule has 21 heavy (non-hydrogen) atoms. The standard InChI is InChI=1S/C16H14Cl2N2O/c17-14-9-8-13(11-15(14)18)16(21)20-19-10-4-7-12-5-2-1-3-6-12/h1-3,5-6,8-11H,4,7H2,(H,20,21)/b19-10+. The Morgan fingerprint density at radius 3 is 2.57 bits per heavy atom. The van der Waals surface area contributed by atoms with Crippen molar-refractivity contribution in [3.63, 3.8) is 0 Å². The van der Waals surface area contributed by atoms with Crippen LogP contribution in [-0.2, 0) is 6.42 Å². The molecule has 0 aliphatic carbocycles. The number of benzene rings is 2. The molecule has 3 nitrogen and oxygen atoms in total. The van der Waals surface area contributed by atoms with Gasteiger partial charge in [-0.05, 0) is 36.6 Å². The van der Waals surface area contributed by atoms with Crippen molar-refractivity contribution in [2.75, 3.05) is 0 Å². The van der Waals surface area contributed by atoms with Gasteiger partial charge in [0.05, 0.1) is 10.0 Å². The van der Waals surface area contributed by atoms with Crippen molar-refractivity contribution in [3.05, 3.63) is 69.7 Å². The van der Waals surface area contributed by atoms with Gasteiger partial charge in [-0.2, -0.15) is 5.10 Å². The van der Waals surface area contributed by atoms with E-state index in [2.05, 4.69) is 22.7 Å². The Balaban J connectivity index is 1.80. The lowest BCUT2D eigenvalue weighted by molar-refractivity contribution is 0.0955. The van der Waals surface area contributed by atoms with Crippen LogP contribution in [-0.4, -0.2) is 12.1 Å². The van der Waals surface area contributed by atoms with E-state index < -0.39 is 0 Å². The van der Waals surface area contributed by atoms with Crippen molar-refractivity contribution in [1.29, 1.82) is 0 Å². The van der Waals surface area contributed by atoms with E-state index in [0.29, 0.717) is 15.6 Å². The molecule has 0 spiro atoms. The molecule has 0 radical (unpaired) electrons. The fourth-order valence-electron chi connectivity index (χ4n) is 1.75. The molecule has 108 valence electrons. The minimum Gasteiger partial charge on any atom is -0.267 e. The van der Waals surface area contributed by atoms with Gasteiger partial charge >= 0.3 is 0 Å². The fourth-order valence-corrected chi connectivity index (χ4v) is 2.04. The Bertz CT molecular complexity index is 642. The number of rotatable bonds is 5. The van der Waals surface area contributed by atoms with Crippen LogP contribution in [0.25, 0.3) is 0 Å². The van der Waals surface area contributed by atoms with Crippen molar-refractivity contribution in [3.8, 4) is 0 Å². The molecule has 0 aliphatic heterocycles. The maximum atomic E-state index is 11.8. The summed E-state index contributed by atoms with van der Waals surface area (Å²) in [4.78, 5) is 11.8. The first kappa shape index (κ1) is 15.5. The van der Waals surface area contributed by atoms with Crippen LogP contribution in [0.15, 0.2) is 53.6 Å². The highest BCUT2D eigenvalue weighted by Gasteiger charge is 2.06. The molecule has 0 heterocycles. The fraction of sp³-hybridized carbons (Fsp3) is 0.125. The van der Waals surface area contributed by atoms with E-state index in [1.54, 1.807) is 18.3 Å². The van der Waals surface area contributed by atoms with E-state index in [4.69, 9.17) is 23.2 Å². The zero-order valence-electron chi connectivity index (χ0n) is 11.2. The molecular weight excluding hydrogens is 307 g/mol. The lowest BCUT2D eigenvalue weighted by Gasteiger charge is -2.01. The normalized spacial score (nSPS) is 10.8. The number of nitrogens with zero attached hydrogens (tertiary/aromatic N) is 1. The second-order valence-electron chi connectivity index (χ2n) is 4.41. The van der Waals surface area contributed by atoms with Crippen LogP contribution in [0.2, 0.25) is 10.0 Å². The zero-order chi connectivity index (χ0) is 15.1. The summed E-state index contributed by atoms with van der Waals surface area (Å²) in [6.07, 6.45) is 3.32. The Hall–Kier alpha value is -1.84. The third kappa shape index (κ3) is 4.88. The molecule has 0 atom stereocenters. The van der Waals surface area contributed by atoms with E-state index in [0.717, 1.165) is 12.8 Å². The van der Waals surface area contributed by atoms with Crippen LogP contribution in [0.1, 0.15) is 22.3 Å². The molecule has 2 aromatic carbocycles. The van der Waals surface area contributed by atoms with Gasteiger partial charge in [0.1, 0.15) is 0 Å². The lowest BCUT2D eigenvalue weighted by atomic mass is 10.1. The van der Waals surface area contributed by atoms with Gasteiger partial charge in [0, 0.05) is 11.8 Å². The largest absolute Gasteiger partial charge is 0.271 e. The topological polar surface area (TPSA) is 41.5 Å². The minimum absolute atomic E-state index is 0.315. The third-order valence-corrected chi connectivity index (χ3v) is 3.58. The van der Waals surface area contributed by atoms with E-state index in [9.17, 15) is 4.79 Å². The number of hydrogen-bond donors (Lipinski definition) is 1. The Labute approximate surface area is 133 Å². The molecule has 5 heteroatoms. The Kier molecular flexibility index (Phi) is 5.78. The summed E-state index contributed by atoms with van der Waals surface area (Å²) in [6.45, 7) is 0. The number of aryl methyl sites for hydroxylation is 1. The highest BCUT2D eigenvalue weighted by atomic mass is 35.5. The maximum absolute atomic E-state index is 11.8. The summed E-state index contributed by atoms with van der Waals surface area (Å²) >= 11 is 11.7. The Morgan fingerprint density at radius 2 is 1.86 bits per heavy atom. The SMILES string of the molecule is O=C(N/N=C/CCc1ccccc1)c1ccc(Cl)c(Cl)c1. The Morgan fingerprint density at radius 1 is 1.10 bits per heavy atom. The predicted octanol–water partition coefficient (Wildman–Crippen LogP) is 4.34. The average molecular weight is 321 g/mol. The van der Waals surface area contributed by atoms with Crippen LogP contribution < -0.4 is 5.43 Å². The molecule has 0 aromatic heterocycles. The van der Waals surface area contributed by atoms with Crippen molar-refractivity contribution >= 4 is 35.3 Å². The molecular formula is C16H14Cl2N2O. The number of amides is 1. The van der Waals surface area contributed by atoms with Crippen molar-refractivity contribution in [2.45, 2.75) is 12.8 Å². The molecule has 0 saturated heterocycles. The van der Waals surface area contributed by atoms with Gasteiger partial charge in [-0.1, -0.05) is 53.5 Å². The van der Waals surface area contributed by atoms with Crippen molar-refractivity contribution in [2.24, 2.45) is 5.10 Å². The highest BCUT2D eigenvalue weighted by molar-refractivity contribution is 6.42. The third-order valence-electron chi connectivity index (χ3n) is 2.84. The molecule has 0 bridgehead atoms. The zero-order valence-corrected chi connectivity index (χ0v) is 12.7. The van der Waals surface area contributed by atoms with Crippen LogP contribution in [0, 0.1) is 0 Å². The number of hydrogen-bond acceptors (Lipinski definition) is 2. The summed E-state index contributed by atoms with van der Waals surface area (Å²) < 4.78 is 0. The maximum Gasteiger partial charge on any atom is 0.271 e. The van der Waals surface area contributed by atoms with E-state index in [1.807, 2.05) is 18.2 Å².